The molecule has 2 nitrogen and oxygen atoms in total. The van der Waals surface area contributed by atoms with Gasteiger partial charge in [-0.1, -0.05) is 31.9 Å². The molecule has 0 heterocycles. The normalized spacial score (nSPS) is 27.5. The molecule has 0 aliphatic heterocycles. The van der Waals surface area contributed by atoms with Crippen molar-refractivity contribution in [2.45, 2.75) is 45.4 Å². The Labute approximate surface area is 79.6 Å². The van der Waals surface area contributed by atoms with Gasteiger partial charge in [-0.3, -0.25) is 4.79 Å². The Hall–Kier alpha value is -0.790. The first kappa shape index (κ1) is 10.3. The fourth-order valence-corrected chi connectivity index (χ4v) is 1.93. The van der Waals surface area contributed by atoms with Gasteiger partial charge in [0, 0.05) is 0 Å². The minimum Gasteiger partial charge on any atom is -0.481 e. The highest BCUT2D eigenvalue weighted by Crippen LogP contribution is 2.37. The standard InChI is InChI=1S/C11H18O2/c1-2-3-7-11(10(12)13)8-5-4-6-9-11/h4-5H,2-3,6-9H2,1H3,(H,12,13). The van der Waals surface area contributed by atoms with Gasteiger partial charge < -0.3 is 5.11 Å². The smallest absolute Gasteiger partial charge is 0.309 e. The largest absolute Gasteiger partial charge is 0.481 e. The van der Waals surface area contributed by atoms with E-state index in [1.54, 1.807) is 0 Å². The Balaban J connectivity index is 2.63. The van der Waals surface area contributed by atoms with Crippen LogP contribution in [0.3, 0.4) is 0 Å². The first-order valence-electron chi connectivity index (χ1n) is 5.10. The number of hydrogen-bond acceptors (Lipinski definition) is 1. The summed E-state index contributed by atoms with van der Waals surface area (Å²) in [5, 5.41) is 9.18. The van der Waals surface area contributed by atoms with Crippen LogP contribution in [0.1, 0.15) is 45.4 Å². The van der Waals surface area contributed by atoms with Crippen LogP contribution in [0.25, 0.3) is 0 Å². The summed E-state index contributed by atoms with van der Waals surface area (Å²) in [4.78, 5) is 11.1. The Morgan fingerprint density at radius 3 is 2.77 bits per heavy atom. The zero-order valence-electron chi connectivity index (χ0n) is 8.25. The molecule has 1 N–H and O–H groups in total. The van der Waals surface area contributed by atoms with Crippen LogP contribution in [0.5, 0.6) is 0 Å². The van der Waals surface area contributed by atoms with Gasteiger partial charge in [0.05, 0.1) is 5.41 Å². The summed E-state index contributed by atoms with van der Waals surface area (Å²) in [6.07, 6.45) is 9.53. The molecule has 13 heavy (non-hydrogen) atoms. The average molecular weight is 182 g/mol. The fourth-order valence-electron chi connectivity index (χ4n) is 1.93. The molecule has 1 atom stereocenters. The number of rotatable bonds is 4. The second-order valence-electron chi connectivity index (χ2n) is 3.90. The molecule has 2 heteroatoms. The topological polar surface area (TPSA) is 37.3 Å². The van der Waals surface area contributed by atoms with E-state index in [1.165, 1.54) is 0 Å². The summed E-state index contributed by atoms with van der Waals surface area (Å²) in [5.74, 6) is -0.606. The van der Waals surface area contributed by atoms with Crippen molar-refractivity contribution >= 4 is 5.97 Å². The van der Waals surface area contributed by atoms with Crippen LogP contribution in [0.4, 0.5) is 0 Å². The van der Waals surface area contributed by atoms with Crippen molar-refractivity contribution in [2.75, 3.05) is 0 Å². The van der Waals surface area contributed by atoms with E-state index < -0.39 is 11.4 Å². The van der Waals surface area contributed by atoms with Crippen LogP contribution in [0.15, 0.2) is 12.2 Å². The molecule has 0 aromatic carbocycles. The van der Waals surface area contributed by atoms with Crippen LogP contribution < -0.4 is 0 Å². The Kier molecular flexibility index (Phi) is 3.52. The maximum Gasteiger partial charge on any atom is 0.309 e. The first-order chi connectivity index (χ1) is 6.21. The highest BCUT2D eigenvalue weighted by molar-refractivity contribution is 5.75. The van der Waals surface area contributed by atoms with Crippen LogP contribution in [-0.2, 0) is 4.79 Å². The van der Waals surface area contributed by atoms with Crippen molar-refractivity contribution in [3.63, 3.8) is 0 Å². The third-order valence-electron chi connectivity index (χ3n) is 2.93. The van der Waals surface area contributed by atoms with Gasteiger partial charge in [-0.25, -0.2) is 0 Å². The summed E-state index contributed by atoms with van der Waals surface area (Å²) < 4.78 is 0. The second-order valence-corrected chi connectivity index (χ2v) is 3.90. The molecule has 0 aromatic heterocycles. The Morgan fingerprint density at radius 1 is 1.54 bits per heavy atom. The van der Waals surface area contributed by atoms with E-state index in [4.69, 9.17) is 0 Å². The molecule has 0 saturated carbocycles. The molecular formula is C11H18O2. The van der Waals surface area contributed by atoms with E-state index in [0.717, 1.165) is 38.5 Å². The van der Waals surface area contributed by atoms with E-state index in [2.05, 4.69) is 13.0 Å². The molecule has 0 aromatic rings. The zero-order chi connectivity index (χ0) is 9.73. The van der Waals surface area contributed by atoms with Crippen molar-refractivity contribution in [2.24, 2.45) is 5.41 Å². The lowest BCUT2D eigenvalue weighted by molar-refractivity contribution is -0.150. The van der Waals surface area contributed by atoms with Gasteiger partial charge in [-0.15, -0.1) is 0 Å². The number of carboxylic acid groups (broad SMARTS) is 1. The maximum atomic E-state index is 11.1. The van der Waals surface area contributed by atoms with Gasteiger partial charge in [0.1, 0.15) is 0 Å². The molecule has 0 saturated heterocycles. The summed E-state index contributed by atoms with van der Waals surface area (Å²) in [6, 6.07) is 0. The third kappa shape index (κ3) is 2.33. The molecule has 74 valence electrons. The molecule has 0 amide bonds. The number of allylic oxidation sites excluding steroid dienone is 2. The molecule has 1 unspecified atom stereocenters. The second kappa shape index (κ2) is 4.45. The minimum atomic E-state index is -0.606. The van der Waals surface area contributed by atoms with Gasteiger partial charge in [0.15, 0.2) is 0 Å². The number of carbonyl (C=O) groups is 1. The Bertz CT molecular complexity index is 208. The van der Waals surface area contributed by atoms with E-state index in [9.17, 15) is 9.90 Å². The average Bonchev–Trinajstić information content (AvgIpc) is 2.16. The van der Waals surface area contributed by atoms with Crippen molar-refractivity contribution in [3.05, 3.63) is 12.2 Å². The zero-order valence-corrected chi connectivity index (χ0v) is 8.25. The molecule has 0 bridgehead atoms. The minimum absolute atomic E-state index is 0.440. The maximum absolute atomic E-state index is 11.1. The summed E-state index contributed by atoms with van der Waals surface area (Å²) in [5.41, 5.74) is -0.440. The molecular weight excluding hydrogens is 164 g/mol. The highest BCUT2D eigenvalue weighted by Gasteiger charge is 2.37. The van der Waals surface area contributed by atoms with Gasteiger partial charge in [-0.05, 0) is 25.7 Å². The third-order valence-corrected chi connectivity index (χ3v) is 2.93. The van der Waals surface area contributed by atoms with Crippen LogP contribution in [-0.4, -0.2) is 11.1 Å². The molecule has 1 aliphatic carbocycles. The molecule has 0 radical (unpaired) electrons. The molecule has 0 fully saturated rings. The van der Waals surface area contributed by atoms with Crippen molar-refractivity contribution in [3.8, 4) is 0 Å². The van der Waals surface area contributed by atoms with Gasteiger partial charge >= 0.3 is 5.97 Å². The van der Waals surface area contributed by atoms with E-state index in [0.29, 0.717) is 0 Å². The number of aliphatic carboxylic acids is 1. The fraction of sp³-hybridized carbons (Fsp3) is 0.727. The number of hydrogen-bond donors (Lipinski definition) is 1. The van der Waals surface area contributed by atoms with Crippen LogP contribution in [0.2, 0.25) is 0 Å². The van der Waals surface area contributed by atoms with E-state index >= 15 is 0 Å². The molecule has 0 spiro atoms. The van der Waals surface area contributed by atoms with Gasteiger partial charge in [-0.2, -0.15) is 0 Å². The quantitative estimate of drug-likeness (QED) is 0.678. The lowest BCUT2D eigenvalue weighted by Crippen LogP contribution is -2.31. The predicted molar refractivity (Wildman–Crippen MR) is 52.6 cm³/mol. The van der Waals surface area contributed by atoms with Crippen molar-refractivity contribution < 1.29 is 9.90 Å². The van der Waals surface area contributed by atoms with Crippen molar-refractivity contribution in [1.29, 1.82) is 0 Å². The highest BCUT2D eigenvalue weighted by atomic mass is 16.4. The van der Waals surface area contributed by atoms with Gasteiger partial charge in [0.25, 0.3) is 0 Å². The summed E-state index contributed by atoms with van der Waals surface area (Å²) in [7, 11) is 0. The lowest BCUT2D eigenvalue weighted by Gasteiger charge is -2.30. The molecule has 1 aliphatic rings. The number of carboxylic acids is 1. The lowest BCUT2D eigenvalue weighted by atomic mass is 9.73. The monoisotopic (exact) mass is 182 g/mol. The SMILES string of the molecule is CCCCC1(C(=O)O)CC=CCC1. The van der Waals surface area contributed by atoms with E-state index in [-0.39, 0.29) is 0 Å². The Morgan fingerprint density at radius 2 is 2.31 bits per heavy atom. The predicted octanol–water partition coefficient (Wildman–Crippen LogP) is 2.99. The summed E-state index contributed by atoms with van der Waals surface area (Å²) >= 11 is 0. The number of unbranched alkanes of at least 4 members (excludes halogenated alkanes) is 1. The van der Waals surface area contributed by atoms with Gasteiger partial charge in [0.2, 0.25) is 0 Å². The first-order valence-corrected chi connectivity index (χ1v) is 5.10. The van der Waals surface area contributed by atoms with Crippen LogP contribution in [0, 0.1) is 5.41 Å². The van der Waals surface area contributed by atoms with Crippen LogP contribution >= 0.6 is 0 Å². The summed E-state index contributed by atoms with van der Waals surface area (Å²) in [6.45, 7) is 2.11. The van der Waals surface area contributed by atoms with E-state index in [1.807, 2.05) is 6.08 Å². The molecule has 1 rings (SSSR count). The van der Waals surface area contributed by atoms with Crippen molar-refractivity contribution in [1.82, 2.24) is 0 Å².